The molecule has 0 amide bonds. The Morgan fingerprint density at radius 2 is 1.92 bits per heavy atom. The van der Waals surface area contributed by atoms with Gasteiger partial charge < -0.3 is 4.90 Å². The maximum absolute atomic E-state index is 13.6. The Kier molecular flexibility index (Phi) is 6.97. The van der Waals surface area contributed by atoms with E-state index in [0.717, 1.165) is 66.2 Å². The number of carbonyl (C=O) groups excluding carboxylic acids is 1. The lowest BCUT2D eigenvalue weighted by atomic mass is 9.78. The number of alkyl halides is 2. The molecule has 2 fully saturated rings. The number of thiazole rings is 1. The first kappa shape index (κ1) is 24.9. The Labute approximate surface area is 220 Å². The lowest BCUT2D eigenvalue weighted by Gasteiger charge is -2.31. The maximum atomic E-state index is 13.6. The van der Waals surface area contributed by atoms with Crippen LogP contribution in [0.15, 0.2) is 36.5 Å². The first-order valence-electron chi connectivity index (χ1n) is 13.6. The molecule has 8 heteroatoms. The lowest BCUT2D eigenvalue weighted by molar-refractivity contribution is 0.0257. The van der Waals surface area contributed by atoms with E-state index < -0.39 is 5.92 Å². The molecule has 1 saturated heterocycles. The second-order valence-corrected chi connectivity index (χ2v) is 12.2. The summed E-state index contributed by atoms with van der Waals surface area (Å²) in [5, 5.41) is 1.73. The zero-order valence-corrected chi connectivity index (χ0v) is 22.0. The van der Waals surface area contributed by atoms with Crippen molar-refractivity contribution in [3.05, 3.63) is 52.7 Å². The molecule has 5 nitrogen and oxygen atoms in total. The molecule has 1 aliphatic carbocycles. The minimum absolute atomic E-state index is 0.0690. The van der Waals surface area contributed by atoms with Gasteiger partial charge in [-0.3, -0.25) is 14.7 Å². The van der Waals surface area contributed by atoms with Crippen molar-refractivity contribution in [1.29, 1.82) is 0 Å². The van der Waals surface area contributed by atoms with E-state index in [1.807, 2.05) is 30.3 Å². The molecule has 37 heavy (non-hydrogen) atoms. The molecule has 0 unspecified atom stereocenters. The standard InChI is InChI=1S/C29H34F2N4OS/c30-29(31)12-16-35(19-29)28-33-25-18-34(15-11-27(25)37-28)14-10-20-6-8-21(9-7-20)17-26(36)23-3-1-5-24-22(23)4-2-13-32-24/h1-5,13,20-21H,6-12,14-19H2. The summed E-state index contributed by atoms with van der Waals surface area (Å²) in [6.45, 7) is 3.12. The summed E-state index contributed by atoms with van der Waals surface area (Å²) in [6.07, 6.45) is 9.11. The number of carbonyl (C=O) groups is 1. The van der Waals surface area contributed by atoms with E-state index in [-0.39, 0.29) is 18.7 Å². The van der Waals surface area contributed by atoms with E-state index >= 15 is 0 Å². The van der Waals surface area contributed by atoms with E-state index in [4.69, 9.17) is 4.98 Å². The third-order valence-electron chi connectivity index (χ3n) is 8.48. The van der Waals surface area contributed by atoms with Crippen molar-refractivity contribution in [2.45, 2.75) is 63.8 Å². The smallest absolute Gasteiger partial charge is 0.267 e. The van der Waals surface area contributed by atoms with E-state index in [2.05, 4.69) is 9.88 Å². The summed E-state index contributed by atoms with van der Waals surface area (Å²) < 4.78 is 27.3. The van der Waals surface area contributed by atoms with Crippen LogP contribution in [0.3, 0.4) is 0 Å². The molecule has 1 saturated carbocycles. The number of benzene rings is 1. The number of nitrogens with zero attached hydrogens (tertiary/aromatic N) is 4. The van der Waals surface area contributed by atoms with Crippen LogP contribution in [0, 0.1) is 11.8 Å². The maximum Gasteiger partial charge on any atom is 0.267 e. The summed E-state index contributed by atoms with van der Waals surface area (Å²) in [7, 11) is 0. The Morgan fingerprint density at radius 3 is 2.73 bits per heavy atom. The number of aromatic nitrogens is 2. The number of rotatable bonds is 7. The predicted octanol–water partition coefficient (Wildman–Crippen LogP) is 6.36. The molecule has 3 aromatic rings. The largest absolute Gasteiger partial charge is 0.342 e. The highest BCUT2D eigenvalue weighted by atomic mass is 32.1. The van der Waals surface area contributed by atoms with Crippen molar-refractivity contribution in [1.82, 2.24) is 14.9 Å². The number of pyridine rings is 1. The zero-order chi connectivity index (χ0) is 25.4. The fourth-order valence-corrected chi connectivity index (χ4v) is 7.35. The van der Waals surface area contributed by atoms with Crippen LogP contribution in [0.5, 0.6) is 0 Å². The Balaban J connectivity index is 0.964. The topological polar surface area (TPSA) is 49.3 Å². The average molecular weight is 525 g/mol. The van der Waals surface area contributed by atoms with E-state index in [1.165, 1.54) is 24.1 Å². The molecule has 0 atom stereocenters. The lowest BCUT2D eigenvalue weighted by Crippen LogP contribution is -2.32. The Bertz CT molecular complexity index is 1260. The number of Topliss-reactive ketones (excluding diaryl/α,β-unsaturated/α-hetero) is 1. The van der Waals surface area contributed by atoms with Gasteiger partial charge in [-0.25, -0.2) is 13.8 Å². The van der Waals surface area contributed by atoms with Gasteiger partial charge in [-0.05, 0) is 56.2 Å². The first-order valence-corrected chi connectivity index (χ1v) is 14.5. The Morgan fingerprint density at radius 1 is 1.08 bits per heavy atom. The second-order valence-electron chi connectivity index (χ2n) is 11.1. The molecule has 0 spiro atoms. The van der Waals surface area contributed by atoms with E-state index in [0.29, 0.717) is 24.8 Å². The van der Waals surface area contributed by atoms with Crippen LogP contribution in [0.1, 0.15) is 65.9 Å². The van der Waals surface area contributed by atoms with Crippen molar-refractivity contribution in [3.63, 3.8) is 0 Å². The van der Waals surface area contributed by atoms with E-state index in [1.54, 1.807) is 22.4 Å². The summed E-state index contributed by atoms with van der Waals surface area (Å²) in [6, 6.07) is 9.72. The number of ketones is 1. The summed E-state index contributed by atoms with van der Waals surface area (Å²) >= 11 is 1.61. The molecule has 0 N–H and O–H groups in total. The van der Waals surface area contributed by atoms with Crippen molar-refractivity contribution < 1.29 is 13.6 Å². The van der Waals surface area contributed by atoms with Gasteiger partial charge in [0.25, 0.3) is 5.92 Å². The molecule has 4 heterocycles. The van der Waals surface area contributed by atoms with Crippen LogP contribution >= 0.6 is 11.3 Å². The summed E-state index contributed by atoms with van der Waals surface area (Å²) in [4.78, 5) is 27.7. The minimum atomic E-state index is -2.59. The number of hydrogen-bond acceptors (Lipinski definition) is 6. The van der Waals surface area contributed by atoms with Gasteiger partial charge in [-0.2, -0.15) is 0 Å². The highest BCUT2D eigenvalue weighted by Gasteiger charge is 2.39. The minimum Gasteiger partial charge on any atom is -0.342 e. The van der Waals surface area contributed by atoms with Gasteiger partial charge in [-0.15, -0.1) is 11.3 Å². The van der Waals surface area contributed by atoms with Crippen molar-refractivity contribution >= 4 is 33.2 Å². The predicted molar refractivity (Wildman–Crippen MR) is 144 cm³/mol. The van der Waals surface area contributed by atoms with Crippen LogP contribution in [0.4, 0.5) is 13.9 Å². The number of fused-ring (bicyclic) bond motifs is 2. The third kappa shape index (κ3) is 5.55. The van der Waals surface area contributed by atoms with Crippen LogP contribution in [0.2, 0.25) is 0 Å². The van der Waals surface area contributed by atoms with Crippen LogP contribution in [0.25, 0.3) is 10.9 Å². The average Bonchev–Trinajstić information content (AvgIpc) is 3.50. The molecular weight excluding hydrogens is 490 g/mol. The van der Waals surface area contributed by atoms with Gasteiger partial charge in [-0.1, -0.05) is 31.0 Å². The van der Waals surface area contributed by atoms with Crippen molar-refractivity contribution in [2.75, 3.05) is 31.1 Å². The molecule has 196 valence electrons. The van der Waals surface area contributed by atoms with Gasteiger partial charge >= 0.3 is 0 Å². The molecule has 0 radical (unpaired) electrons. The number of hydrogen-bond donors (Lipinski definition) is 0. The van der Waals surface area contributed by atoms with Crippen LogP contribution in [-0.2, 0) is 13.0 Å². The van der Waals surface area contributed by atoms with Gasteiger partial charge in [0.2, 0.25) is 0 Å². The Hall–Kier alpha value is -2.45. The second kappa shape index (κ2) is 10.4. The molecule has 6 rings (SSSR count). The van der Waals surface area contributed by atoms with Crippen LogP contribution in [-0.4, -0.2) is 52.8 Å². The fourth-order valence-electron chi connectivity index (χ4n) is 6.27. The molecule has 2 aliphatic heterocycles. The van der Waals surface area contributed by atoms with Crippen molar-refractivity contribution in [3.8, 4) is 0 Å². The molecule has 1 aromatic carbocycles. The third-order valence-corrected chi connectivity index (χ3v) is 9.69. The fraction of sp³-hybridized carbons (Fsp3) is 0.552. The molecular formula is C29H34F2N4OS. The summed E-state index contributed by atoms with van der Waals surface area (Å²) in [5.41, 5.74) is 2.78. The zero-order valence-electron chi connectivity index (χ0n) is 21.2. The number of halogens is 2. The SMILES string of the molecule is O=C(CC1CCC(CCN2CCc3sc(N4CCC(F)(F)C4)nc3C2)CC1)c1cccc2ncccc12. The van der Waals surface area contributed by atoms with Gasteiger partial charge in [0.1, 0.15) is 0 Å². The summed E-state index contributed by atoms with van der Waals surface area (Å²) in [5.74, 6) is -1.16. The molecule has 0 bridgehead atoms. The van der Waals surface area contributed by atoms with Gasteiger partial charge in [0.15, 0.2) is 10.9 Å². The van der Waals surface area contributed by atoms with E-state index in [9.17, 15) is 13.6 Å². The first-order chi connectivity index (χ1) is 17.9. The van der Waals surface area contributed by atoms with Crippen molar-refractivity contribution in [2.24, 2.45) is 11.8 Å². The quantitative estimate of drug-likeness (QED) is 0.337. The number of anilines is 1. The van der Waals surface area contributed by atoms with Gasteiger partial charge in [0, 0.05) is 54.5 Å². The molecule has 3 aliphatic rings. The van der Waals surface area contributed by atoms with Crippen LogP contribution < -0.4 is 4.90 Å². The normalized spacial score (nSPS) is 23.9. The monoisotopic (exact) mass is 524 g/mol. The highest BCUT2D eigenvalue weighted by molar-refractivity contribution is 7.15. The highest BCUT2D eigenvalue weighted by Crippen LogP contribution is 2.37. The van der Waals surface area contributed by atoms with Gasteiger partial charge in [0.05, 0.1) is 17.8 Å². The molecule has 2 aromatic heterocycles.